The highest BCUT2D eigenvalue weighted by Crippen LogP contribution is 2.11. The zero-order valence-electron chi connectivity index (χ0n) is 9.38. The second-order valence-electron chi connectivity index (χ2n) is 3.98. The zero-order valence-corrected chi connectivity index (χ0v) is 9.38. The number of aryl methyl sites for hydroxylation is 2. The van der Waals surface area contributed by atoms with E-state index in [1.54, 1.807) is 0 Å². The van der Waals surface area contributed by atoms with Crippen molar-refractivity contribution in [3.63, 3.8) is 0 Å². The largest absolute Gasteiger partial charge is 0.366 e. The number of aromatic nitrogens is 2. The molecule has 0 aliphatic carbocycles. The summed E-state index contributed by atoms with van der Waals surface area (Å²) in [6.07, 6.45) is 2.13. The maximum atomic E-state index is 4.40. The van der Waals surface area contributed by atoms with Gasteiger partial charge in [-0.2, -0.15) is 0 Å². The van der Waals surface area contributed by atoms with Gasteiger partial charge in [-0.05, 0) is 26.3 Å². The van der Waals surface area contributed by atoms with Crippen LogP contribution >= 0.6 is 0 Å². The summed E-state index contributed by atoms with van der Waals surface area (Å²) in [6.45, 7) is 6.19. The third-order valence-electron chi connectivity index (χ3n) is 2.67. The summed E-state index contributed by atoms with van der Waals surface area (Å²) in [5.41, 5.74) is 1.11. The van der Waals surface area contributed by atoms with Gasteiger partial charge in [0, 0.05) is 24.3 Å². The first-order valence-corrected chi connectivity index (χ1v) is 5.59. The summed E-state index contributed by atoms with van der Waals surface area (Å²) in [4.78, 5) is 8.76. The molecule has 0 aromatic carbocycles. The first-order chi connectivity index (χ1) is 7.28. The summed E-state index contributed by atoms with van der Waals surface area (Å²) in [5.74, 6) is 1.82. The van der Waals surface area contributed by atoms with Crippen molar-refractivity contribution < 1.29 is 0 Å². The molecule has 2 rings (SSSR count). The number of nitrogens with one attached hydrogen (secondary N) is 2. The summed E-state index contributed by atoms with van der Waals surface area (Å²) in [5, 5.41) is 6.77. The molecule has 0 spiro atoms. The standard InChI is InChI=1S/C11H18N4/c1-3-9-6-11(14-8(2)13-9)15-10-4-5-12-7-10/h6,10,12H,3-5,7H2,1-2H3,(H,13,14,15). The highest BCUT2D eigenvalue weighted by atomic mass is 15.1. The van der Waals surface area contributed by atoms with Crippen molar-refractivity contribution in [2.24, 2.45) is 0 Å². The van der Waals surface area contributed by atoms with Crippen LogP contribution in [0, 0.1) is 6.92 Å². The van der Waals surface area contributed by atoms with E-state index < -0.39 is 0 Å². The first kappa shape index (κ1) is 10.4. The van der Waals surface area contributed by atoms with E-state index in [1.165, 1.54) is 6.42 Å². The molecule has 0 bridgehead atoms. The third kappa shape index (κ3) is 2.65. The van der Waals surface area contributed by atoms with Crippen LogP contribution in [-0.2, 0) is 6.42 Å². The topological polar surface area (TPSA) is 49.8 Å². The van der Waals surface area contributed by atoms with Gasteiger partial charge in [0.05, 0.1) is 0 Å². The lowest BCUT2D eigenvalue weighted by Gasteiger charge is -2.12. The third-order valence-corrected chi connectivity index (χ3v) is 2.67. The van der Waals surface area contributed by atoms with E-state index in [0.717, 1.165) is 36.8 Å². The molecule has 1 aliphatic heterocycles. The summed E-state index contributed by atoms with van der Waals surface area (Å²) < 4.78 is 0. The average molecular weight is 206 g/mol. The molecule has 2 N–H and O–H groups in total. The van der Waals surface area contributed by atoms with Gasteiger partial charge in [-0.25, -0.2) is 9.97 Å². The normalized spacial score (nSPS) is 20.5. The monoisotopic (exact) mass is 206 g/mol. The van der Waals surface area contributed by atoms with Crippen LogP contribution < -0.4 is 10.6 Å². The predicted octanol–water partition coefficient (Wildman–Crippen LogP) is 1.12. The molecule has 1 aromatic rings. The molecule has 2 heterocycles. The molecule has 1 atom stereocenters. The Labute approximate surface area is 90.5 Å². The van der Waals surface area contributed by atoms with Crippen LogP contribution in [0.2, 0.25) is 0 Å². The highest BCUT2D eigenvalue weighted by Gasteiger charge is 2.14. The van der Waals surface area contributed by atoms with Gasteiger partial charge in [-0.3, -0.25) is 0 Å². The smallest absolute Gasteiger partial charge is 0.130 e. The maximum absolute atomic E-state index is 4.40. The van der Waals surface area contributed by atoms with Gasteiger partial charge in [-0.1, -0.05) is 6.92 Å². The minimum Gasteiger partial charge on any atom is -0.366 e. The molecule has 4 nitrogen and oxygen atoms in total. The minimum absolute atomic E-state index is 0.518. The first-order valence-electron chi connectivity index (χ1n) is 5.59. The van der Waals surface area contributed by atoms with E-state index in [1.807, 2.05) is 13.0 Å². The molecule has 1 aromatic heterocycles. The Kier molecular flexibility index (Phi) is 3.16. The lowest BCUT2D eigenvalue weighted by molar-refractivity contribution is 0.783. The summed E-state index contributed by atoms with van der Waals surface area (Å²) >= 11 is 0. The van der Waals surface area contributed by atoms with Crippen LogP contribution in [-0.4, -0.2) is 29.1 Å². The van der Waals surface area contributed by atoms with Crippen LogP contribution in [0.4, 0.5) is 5.82 Å². The van der Waals surface area contributed by atoms with Gasteiger partial charge in [0.15, 0.2) is 0 Å². The Morgan fingerprint density at radius 1 is 1.53 bits per heavy atom. The van der Waals surface area contributed by atoms with Gasteiger partial charge in [0.25, 0.3) is 0 Å². The number of rotatable bonds is 3. The van der Waals surface area contributed by atoms with Gasteiger partial charge in [-0.15, -0.1) is 0 Å². The molecular weight excluding hydrogens is 188 g/mol. The average Bonchev–Trinajstić information content (AvgIpc) is 2.69. The van der Waals surface area contributed by atoms with E-state index in [4.69, 9.17) is 0 Å². The molecule has 0 saturated carbocycles. The van der Waals surface area contributed by atoms with E-state index in [-0.39, 0.29) is 0 Å². The van der Waals surface area contributed by atoms with E-state index in [2.05, 4.69) is 27.5 Å². The fourth-order valence-corrected chi connectivity index (χ4v) is 1.87. The quantitative estimate of drug-likeness (QED) is 0.778. The SMILES string of the molecule is CCc1cc(NC2CCNC2)nc(C)n1. The van der Waals surface area contributed by atoms with Crippen molar-refractivity contribution in [1.29, 1.82) is 0 Å². The molecule has 1 aliphatic rings. The lowest BCUT2D eigenvalue weighted by atomic mass is 10.2. The van der Waals surface area contributed by atoms with Crippen molar-refractivity contribution in [2.45, 2.75) is 32.7 Å². The molecule has 1 unspecified atom stereocenters. The Hall–Kier alpha value is -1.16. The lowest BCUT2D eigenvalue weighted by Crippen LogP contribution is -2.23. The maximum Gasteiger partial charge on any atom is 0.130 e. The molecule has 15 heavy (non-hydrogen) atoms. The van der Waals surface area contributed by atoms with Crippen LogP contribution in [0.1, 0.15) is 24.9 Å². The van der Waals surface area contributed by atoms with Crippen LogP contribution in [0.5, 0.6) is 0 Å². The van der Waals surface area contributed by atoms with E-state index in [0.29, 0.717) is 6.04 Å². The number of nitrogens with zero attached hydrogens (tertiary/aromatic N) is 2. The molecule has 4 heteroatoms. The number of hydrogen-bond acceptors (Lipinski definition) is 4. The number of hydrogen-bond donors (Lipinski definition) is 2. The summed E-state index contributed by atoms with van der Waals surface area (Å²) in [7, 11) is 0. The Morgan fingerprint density at radius 3 is 3.07 bits per heavy atom. The van der Waals surface area contributed by atoms with Crippen molar-refractivity contribution >= 4 is 5.82 Å². The van der Waals surface area contributed by atoms with E-state index in [9.17, 15) is 0 Å². The number of anilines is 1. The fraction of sp³-hybridized carbons (Fsp3) is 0.636. The van der Waals surface area contributed by atoms with Crippen molar-refractivity contribution in [3.8, 4) is 0 Å². The highest BCUT2D eigenvalue weighted by molar-refractivity contribution is 5.37. The van der Waals surface area contributed by atoms with E-state index >= 15 is 0 Å². The second-order valence-corrected chi connectivity index (χ2v) is 3.98. The van der Waals surface area contributed by atoms with Crippen LogP contribution in [0.3, 0.4) is 0 Å². The minimum atomic E-state index is 0.518. The van der Waals surface area contributed by atoms with Crippen molar-refractivity contribution in [3.05, 3.63) is 17.6 Å². The van der Waals surface area contributed by atoms with Crippen molar-refractivity contribution in [2.75, 3.05) is 18.4 Å². The Balaban J connectivity index is 2.09. The molecule has 82 valence electrons. The molecule has 1 fully saturated rings. The van der Waals surface area contributed by atoms with Crippen LogP contribution in [0.15, 0.2) is 6.07 Å². The van der Waals surface area contributed by atoms with Gasteiger partial charge < -0.3 is 10.6 Å². The van der Waals surface area contributed by atoms with Crippen LogP contribution in [0.25, 0.3) is 0 Å². The molecule has 1 saturated heterocycles. The van der Waals surface area contributed by atoms with Gasteiger partial charge >= 0.3 is 0 Å². The molecule has 0 amide bonds. The van der Waals surface area contributed by atoms with Crippen molar-refractivity contribution in [1.82, 2.24) is 15.3 Å². The zero-order chi connectivity index (χ0) is 10.7. The fourth-order valence-electron chi connectivity index (χ4n) is 1.87. The summed E-state index contributed by atoms with van der Waals surface area (Å²) in [6, 6.07) is 2.56. The van der Waals surface area contributed by atoms with Gasteiger partial charge in [0.2, 0.25) is 0 Å². The predicted molar refractivity (Wildman–Crippen MR) is 61.0 cm³/mol. The molecular formula is C11H18N4. The molecule has 0 radical (unpaired) electrons. The second kappa shape index (κ2) is 4.57. The Morgan fingerprint density at radius 2 is 2.40 bits per heavy atom. The Bertz CT molecular complexity index is 331. The van der Waals surface area contributed by atoms with Gasteiger partial charge in [0.1, 0.15) is 11.6 Å².